The third-order valence-electron chi connectivity index (χ3n) is 5.65. The fourth-order valence-electron chi connectivity index (χ4n) is 3.67. The highest BCUT2D eigenvalue weighted by molar-refractivity contribution is 7.20. The molecule has 0 aliphatic heterocycles. The Labute approximate surface area is 215 Å². The molecular weight excluding hydrogens is 504 g/mol. The van der Waals surface area contributed by atoms with Gasteiger partial charge in [-0.3, -0.25) is 19.0 Å². The molecule has 4 rings (SSSR count). The Morgan fingerprint density at radius 3 is 2.50 bits per heavy atom. The summed E-state index contributed by atoms with van der Waals surface area (Å²) in [6.07, 6.45) is 1.31. The lowest BCUT2D eigenvalue weighted by Gasteiger charge is -2.15. The summed E-state index contributed by atoms with van der Waals surface area (Å²) in [5, 5.41) is 6.20. The van der Waals surface area contributed by atoms with E-state index in [0.29, 0.717) is 48.6 Å². The number of para-hydroxylation sites is 2. The number of rotatable bonds is 7. The van der Waals surface area contributed by atoms with Gasteiger partial charge in [-0.05, 0) is 49.7 Å². The summed E-state index contributed by atoms with van der Waals surface area (Å²) < 4.78 is 11.6. The van der Waals surface area contributed by atoms with Crippen LogP contribution in [0.2, 0.25) is 5.02 Å². The molecule has 0 aliphatic carbocycles. The molecule has 1 unspecified atom stereocenters. The number of halogens is 1. The Morgan fingerprint density at radius 1 is 1.08 bits per heavy atom. The zero-order chi connectivity index (χ0) is 26.0. The van der Waals surface area contributed by atoms with Crippen LogP contribution >= 0.6 is 22.9 Å². The number of amides is 2. The fourth-order valence-corrected chi connectivity index (χ4v) is 4.97. The fraction of sp³-hybridized carbons (Fsp3) is 0.200. The maximum atomic E-state index is 13.3. The molecule has 1 atom stereocenters. The smallest absolute Gasteiger partial charge is 0.266 e. The minimum Gasteiger partial charge on any atom is -0.495 e. The van der Waals surface area contributed by atoms with Crippen LogP contribution < -0.4 is 25.7 Å². The van der Waals surface area contributed by atoms with E-state index in [2.05, 4.69) is 15.6 Å². The minimum absolute atomic E-state index is 0.291. The Hall–Kier alpha value is -3.89. The van der Waals surface area contributed by atoms with E-state index in [1.54, 1.807) is 56.3 Å². The van der Waals surface area contributed by atoms with E-state index in [0.717, 1.165) is 11.3 Å². The van der Waals surface area contributed by atoms with Gasteiger partial charge < -0.3 is 20.1 Å². The largest absolute Gasteiger partial charge is 0.495 e. The van der Waals surface area contributed by atoms with Crippen molar-refractivity contribution >= 4 is 56.3 Å². The molecule has 0 saturated heterocycles. The van der Waals surface area contributed by atoms with Gasteiger partial charge in [0.2, 0.25) is 5.91 Å². The van der Waals surface area contributed by atoms with Crippen LogP contribution in [0.4, 0.5) is 11.4 Å². The second kappa shape index (κ2) is 10.4. The van der Waals surface area contributed by atoms with Crippen LogP contribution in [0.5, 0.6) is 11.5 Å². The number of ether oxygens (including phenoxy) is 2. The van der Waals surface area contributed by atoms with Gasteiger partial charge in [-0.15, -0.1) is 11.3 Å². The van der Waals surface area contributed by atoms with Gasteiger partial charge in [0.25, 0.3) is 11.5 Å². The van der Waals surface area contributed by atoms with E-state index in [1.807, 2.05) is 0 Å². The number of benzene rings is 2. The van der Waals surface area contributed by atoms with Crippen LogP contribution in [-0.2, 0) is 4.79 Å². The molecule has 2 N–H and O–H groups in total. The first-order valence-electron chi connectivity index (χ1n) is 10.8. The molecule has 2 heterocycles. The predicted molar refractivity (Wildman–Crippen MR) is 141 cm³/mol. The molecule has 2 aromatic carbocycles. The number of hydrogen-bond donors (Lipinski definition) is 2. The molecule has 9 nitrogen and oxygen atoms in total. The summed E-state index contributed by atoms with van der Waals surface area (Å²) in [6, 6.07) is 11.0. The van der Waals surface area contributed by atoms with Crippen molar-refractivity contribution in [1.29, 1.82) is 0 Å². The number of aryl methyl sites for hydroxylation is 1. The van der Waals surface area contributed by atoms with Crippen molar-refractivity contribution < 1.29 is 19.1 Å². The van der Waals surface area contributed by atoms with Crippen molar-refractivity contribution in [2.24, 2.45) is 0 Å². The summed E-state index contributed by atoms with van der Waals surface area (Å²) in [5.41, 5.74) is 1.04. The highest BCUT2D eigenvalue weighted by atomic mass is 35.5. The molecule has 0 saturated carbocycles. The normalized spacial score (nSPS) is 11.7. The maximum absolute atomic E-state index is 13.3. The van der Waals surface area contributed by atoms with Gasteiger partial charge in [0.05, 0.1) is 41.5 Å². The van der Waals surface area contributed by atoms with Gasteiger partial charge in [-0.2, -0.15) is 0 Å². The molecule has 0 spiro atoms. The van der Waals surface area contributed by atoms with Gasteiger partial charge in [0.15, 0.2) is 0 Å². The highest BCUT2D eigenvalue weighted by Gasteiger charge is 2.23. The molecule has 0 radical (unpaired) electrons. The van der Waals surface area contributed by atoms with Crippen molar-refractivity contribution in [2.45, 2.75) is 19.9 Å². The van der Waals surface area contributed by atoms with E-state index in [4.69, 9.17) is 21.1 Å². The number of carbonyl (C=O) groups is 2. The van der Waals surface area contributed by atoms with Crippen LogP contribution in [-0.4, -0.2) is 35.6 Å². The molecular formula is C25H23ClN4O5S. The lowest BCUT2D eigenvalue weighted by atomic mass is 10.2. The number of aromatic nitrogens is 2. The monoisotopic (exact) mass is 526 g/mol. The van der Waals surface area contributed by atoms with Gasteiger partial charge in [-0.25, -0.2) is 4.98 Å². The van der Waals surface area contributed by atoms with Crippen LogP contribution in [0.3, 0.4) is 0 Å². The lowest BCUT2D eigenvalue weighted by molar-refractivity contribution is -0.118. The number of nitrogens with one attached hydrogen (secondary N) is 2. The standard InChI is InChI=1S/C25H23ClN4O5S/c1-13-20-24(36-21(13)23(32)29-17-7-5-6-8-19(17)35-4)27-12-30(25(20)33)14(2)22(31)28-15-9-10-18(34-3)16(26)11-15/h5-12,14H,1-4H3,(H,28,31)(H,29,32). The maximum Gasteiger partial charge on any atom is 0.266 e. The summed E-state index contributed by atoms with van der Waals surface area (Å²) >= 11 is 7.24. The first-order chi connectivity index (χ1) is 17.2. The molecule has 2 aromatic heterocycles. The van der Waals surface area contributed by atoms with Crippen molar-refractivity contribution in [1.82, 2.24) is 9.55 Å². The van der Waals surface area contributed by atoms with Crippen molar-refractivity contribution in [3.63, 3.8) is 0 Å². The van der Waals surface area contributed by atoms with Gasteiger partial charge in [0, 0.05) is 5.69 Å². The molecule has 0 bridgehead atoms. The van der Waals surface area contributed by atoms with Crippen molar-refractivity contribution in [3.05, 3.63) is 74.6 Å². The average molecular weight is 527 g/mol. The van der Waals surface area contributed by atoms with Crippen molar-refractivity contribution in [3.8, 4) is 11.5 Å². The van der Waals surface area contributed by atoms with Crippen LogP contribution in [0.25, 0.3) is 10.2 Å². The third kappa shape index (κ3) is 4.77. The number of anilines is 2. The first-order valence-corrected chi connectivity index (χ1v) is 12.0. The van der Waals surface area contributed by atoms with Crippen LogP contribution in [0, 0.1) is 6.92 Å². The first kappa shape index (κ1) is 25.2. The summed E-state index contributed by atoms with van der Waals surface area (Å²) in [5.74, 6) is 0.185. The number of nitrogens with zero attached hydrogens (tertiary/aromatic N) is 2. The number of methoxy groups -OCH3 is 2. The van der Waals surface area contributed by atoms with Gasteiger partial charge in [-0.1, -0.05) is 23.7 Å². The third-order valence-corrected chi connectivity index (χ3v) is 7.15. The average Bonchev–Trinajstić information content (AvgIpc) is 3.21. The predicted octanol–water partition coefficient (Wildman–Crippen LogP) is 4.89. The van der Waals surface area contributed by atoms with E-state index in [1.165, 1.54) is 25.1 Å². The number of thiophene rings is 1. The zero-order valence-electron chi connectivity index (χ0n) is 19.9. The van der Waals surface area contributed by atoms with Crippen molar-refractivity contribution in [2.75, 3.05) is 24.9 Å². The molecule has 11 heteroatoms. The molecule has 0 fully saturated rings. The Balaban J connectivity index is 1.61. The summed E-state index contributed by atoms with van der Waals surface area (Å²) in [7, 11) is 3.01. The number of fused-ring (bicyclic) bond motifs is 1. The van der Waals surface area contributed by atoms with Crippen LogP contribution in [0.15, 0.2) is 53.6 Å². The topological polar surface area (TPSA) is 112 Å². The second-order valence-corrected chi connectivity index (χ2v) is 9.27. The van der Waals surface area contributed by atoms with E-state index >= 15 is 0 Å². The quantitative estimate of drug-likeness (QED) is 0.354. The summed E-state index contributed by atoms with van der Waals surface area (Å²) in [4.78, 5) is 44.3. The number of carbonyl (C=O) groups excluding carboxylic acids is 2. The highest BCUT2D eigenvalue weighted by Crippen LogP contribution is 2.30. The molecule has 0 aliphatic rings. The molecule has 2 amide bonds. The van der Waals surface area contributed by atoms with Gasteiger partial charge in [0.1, 0.15) is 22.4 Å². The zero-order valence-corrected chi connectivity index (χ0v) is 21.5. The Bertz CT molecular complexity index is 1530. The minimum atomic E-state index is -0.875. The Morgan fingerprint density at radius 2 is 1.81 bits per heavy atom. The van der Waals surface area contributed by atoms with Gasteiger partial charge >= 0.3 is 0 Å². The number of hydrogen-bond acceptors (Lipinski definition) is 7. The molecule has 36 heavy (non-hydrogen) atoms. The Kier molecular flexibility index (Phi) is 7.27. The molecule has 186 valence electrons. The van der Waals surface area contributed by atoms with E-state index in [-0.39, 0.29) is 5.91 Å². The lowest BCUT2D eigenvalue weighted by Crippen LogP contribution is -2.31. The summed E-state index contributed by atoms with van der Waals surface area (Å²) in [6.45, 7) is 3.28. The second-order valence-electron chi connectivity index (χ2n) is 7.86. The SMILES string of the molecule is COc1ccc(NC(=O)C(C)n2cnc3sc(C(=O)Nc4ccccc4OC)c(C)c3c2=O)cc1Cl. The van der Waals surface area contributed by atoms with E-state index < -0.39 is 17.5 Å². The molecule has 4 aromatic rings. The van der Waals surface area contributed by atoms with Crippen LogP contribution in [0.1, 0.15) is 28.2 Å². The van der Waals surface area contributed by atoms with E-state index in [9.17, 15) is 14.4 Å².